The van der Waals surface area contributed by atoms with Crippen LogP contribution in [0.1, 0.15) is 23.2 Å². The minimum Gasteiger partial charge on any atom is -0.374 e. The lowest BCUT2D eigenvalue weighted by Gasteiger charge is -2.19. The molecule has 2 N–H and O–H groups in total. The Morgan fingerprint density at radius 2 is 2.27 bits per heavy atom. The van der Waals surface area contributed by atoms with Crippen LogP contribution < -0.4 is 10.6 Å². The normalized spacial score (nSPS) is 15.0. The number of nitrogens with two attached hydrogens (primary N) is 1. The first kappa shape index (κ1) is 10.0. The molecule has 0 heterocycles. The summed E-state index contributed by atoms with van der Waals surface area (Å²) in [5.41, 5.74) is 6.89. The standard InChI is InChI=1S/C12H16N2O/c1-14(8-9-5-6-9)11-4-2-3-10(7-11)12(13)15/h2-4,7,9H,5-6,8H2,1H3,(H2,13,15). The van der Waals surface area contributed by atoms with Crippen LogP contribution in [0.5, 0.6) is 0 Å². The van der Waals surface area contributed by atoms with Gasteiger partial charge < -0.3 is 10.6 Å². The molecule has 2 rings (SSSR count). The third kappa shape index (κ3) is 2.49. The van der Waals surface area contributed by atoms with Gasteiger partial charge in [0, 0.05) is 24.8 Å². The van der Waals surface area contributed by atoms with Gasteiger partial charge in [0.2, 0.25) is 5.91 Å². The first-order valence-corrected chi connectivity index (χ1v) is 5.28. The Morgan fingerprint density at radius 3 is 2.87 bits per heavy atom. The molecule has 0 radical (unpaired) electrons. The third-order valence-corrected chi connectivity index (χ3v) is 2.80. The van der Waals surface area contributed by atoms with Crippen molar-refractivity contribution in [1.82, 2.24) is 0 Å². The summed E-state index contributed by atoms with van der Waals surface area (Å²) < 4.78 is 0. The Balaban J connectivity index is 2.11. The van der Waals surface area contributed by atoms with Crippen LogP contribution in [0.15, 0.2) is 24.3 Å². The van der Waals surface area contributed by atoms with Crippen molar-refractivity contribution in [2.24, 2.45) is 11.7 Å². The van der Waals surface area contributed by atoms with Gasteiger partial charge >= 0.3 is 0 Å². The lowest BCUT2D eigenvalue weighted by molar-refractivity contribution is 0.100. The van der Waals surface area contributed by atoms with Gasteiger partial charge in [0.05, 0.1) is 0 Å². The van der Waals surface area contributed by atoms with Crippen LogP contribution in [0, 0.1) is 5.92 Å². The molecule has 0 unspecified atom stereocenters. The van der Waals surface area contributed by atoms with Gasteiger partial charge in [-0.25, -0.2) is 0 Å². The van der Waals surface area contributed by atoms with Gasteiger partial charge in [0.15, 0.2) is 0 Å². The molecule has 0 saturated heterocycles. The van der Waals surface area contributed by atoms with Crippen molar-refractivity contribution in [2.75, 3.05) is 18.5 Å². The van der Waals surface area contributed by atoms with Crippen molar-refractivity contribution in [3.05, 3.63) is 29.8 Å². The van der Waals surface area contributed by atoms with Crippen LogP contribution >= 0.6 is 0 Å². The summed E-state index contributed by atoms with van der Waals surface area (Å²) in [6, 6.07) is 7.48. The molecule has 1 aliphatic carbocycles. The number of rotatable bonds is 4. The molecule has 3 heteroatoms. The first-order valence-electron chi connectivity index (χ1n) is 5.28. The van der Waals surface area contributed by atoms with E-state index in [2.05, 4.69) is 11.9 Å². The van der Waals surface area contributed by atoms with E-state index in [1.807, 2.05) is 18.2 Å². The zero-order valence-electron chi connectivity index (χ0n) is 8.94. The van der Waals surface area contributed by atoms with Gasteiger partial charge in [-0.1, -0.05) is 6.07 Å². The summed E-state index contributed by atoms with van der Waals surface area (Å²) in [4.78, 5) is 13.2. The smallest absolute Gasteiger partial charge is 0.248 e. The molecule has 1 amide bonds. The van der Waals surface area contributed by atoms with E-state index in [0.717, 1.165) is 18.2 Å². The van der Waals surface area contributed by atoms with Crippen molar-refractivity contribution in [2.45, 2.75) is 12.8 Å². The van der Waals surface area contributed by atoms with Gasteiger partial charge in [-0.15, -0.1) is 0 Å². The average Bonchev–Trinajstić information content (AvgIpc) is 3.02. The van der Waals surface area contributed by atoms with Crippen LogP contribution in [0.4, 0.5) is 5.69 Å². The maximum absolute atomic E-state index is 11.0. The number of hydrogen-bond acceptors (Lipinski definition) is 2. The van der Waals surface area contributed by atoms with Crippen molar-refractivity contribution in [1.29, 1.82) is 0 Å². The summed E-state index contributed by atoms with van der Waals surface area (Å²) in [6.45, 7) is 1.07. The van der Waals surface area contributed by atoms with E-state index in [-0.39, 0.29) is 5.91 Å². The minimum absolute atomic E-state index is 0.364. The van der Waals surface area contributed by atoms with Gasteiger partial charge in [-0.3, -0.25) is 4.79 Å². The number of hydrogen-bond donors (Lipinski definition) is 1. The number of benzene rings is 1. The molecule has 0 spiro atoms. The number of nitrogens with zero attached hydrogens (tertiary/aromatic N) is 1. The number of carbonyl (C=O) groups excluding carboxylic acids is 1. The quantitative estimate of drug-likeness (QED) is 0.810. The number of anilines is 1. The molecule has 0 aliphatic heterocycles. The van der Waals surface area contributed by atoms with Crippen LogP contribution in [-0.2, 0) is 0 Å². The Bertz CT molecular complexity index is 372. The van der Waals surface area contributed by atoms with Gasteiger partial charge in [0.1, 0.15) is 0 Å². The van der Waals surface area contributed by atoms with Crippen LogP contribution in [0.25, 0.3) is 0 Å². The molecule has 1 aliphatic rings. The molecule has 1 aromatic carbocycles. The maximum atomic E-state index is 11.0. The fourth-order valence-corrected chi connectivity index (χ4v) is 1.69. The summed E-state index contributed by atoms with van der Waals surface area (Å²) in [5, 5.41) is 0. The number of carbonyl (C=O) groups is 1. The molecule has 3 nitrogen and oxygen atoms in total. The summed E-state index contributed by atoms with van der Waals surface area (Å²) >= 11 is 0. The molecule has 0 atom stereocenters. The van der Waals surface area contributed by atoms with Crippen LogP contribution in [0.2, 0.25) is 0 Å². The minimum atomic E-state index is -0.364. The summed E-state index contributed by atoms with van der Waals surface area (Å²) in [5.74, 6) is 0.476. The largest absolute Gasteiger partial charge is 0.374 e. The lowest BCUT2D eigenvalue weighted by Crippen LogP contribution is -2.20. The van der Waals surface area contributed by atoms with E-state index < -0.39 is 0 Å². The number of amides is 1. The Kier molecular flexibility index (Phi) is 2.62. The van der Waals surface area contributed by atoms with E-state index in [4.69, 9.17) is 5.73 Å². The Hall–Kier alpha value is -1.51. The topological polar surface area (TPSA) is 46.3 Å². The average molecular weight is 204 g/mol. The lowest BCUT2D eigenvalue weighted by atomic mass is 10.2. The highest BCUT2D eigenvalue weighted by molar-refractivity contribution is 5.93. The zero-order valence-corrected chi connectivity index (χ0v) is 8.94. The van der Waals surface area contributed by atoms with Gasteiger partial charge in [-0.05, 0) is 37.0 Å². The molecule has 1 fully saturated rings. The summed E-state index contributed by atoms with van der Waals surface area (Å²) in [6.07, 6.45) is 2.67. The molecule has 0 aromatic heterocycles. The van der Waals surface area contributed by atoms with Crippen LogP contribution in [0.3, 0.4) is 0 Å². The van der Waals surface area contributed by atoms with Crippen LogP contribution in [-0.4, -0.2) is 19.5 Å². The first-order chi connectivity index (χ1) is 7.16. The molecule has 1 aromatic rings. The SMILES string of the molecule is CN(CC1CC1)c1cccc(C(N)=O)c1. The molecular weight excluding hydrogens is 188 g/mol. The van der Waals surface area contributed by atoms with E-state index in [1.165, 1.54) is 12.8 Å². The van der Waals surface area contributed by atoms with Gasteiger partial charge in [0.25, 0.3) is 0 Å². The van der Waals surface area contributed by atoms with E-state index in [0.29, 0.717) is 5.56 Å². The second-order valence-corrected chi connectivity index (χ2v) is 4.24. The number of primary amides is 1. The second-order valence-electron chi connectivity index (χ2n) is 4.24. The highest BCUT2D eigenvalue weighted by Crippen LogP contribution is 2.30. The zero-order chi connectivity index (χ0) is 10.8. The van der Waals surface area contributed by atoms with E-state index >= 15 is 0 Å². The maximum Gasteiger partial charge on any atom is 0.248 e. The van der Waals surface area contributed by atoms with Crippen molar-refractivity contribution in [3.8, 4) is 0 Å². The monoisotopic (exact) mass is 204 g/mol. The van der Waals surface area contributed by atoms with Crippen molar-refractivity contribution < 1.29 is 4.79 Å². The molecule has 15 heavy (non-hydrogen) atoms. The van der Waals surface area contributed by atoms with Gasteiger partial charge in [-0.2, -0.15) is 0 Å². The predicted molar refractivity (Wildman–Crippen MR) is 61.0 cm³/mol. The third-order valence-electron chi connectivity index (χ3n) is 2.80. The fraction of sp³-hybridized carbons (Fsp3) is 0.417. The molecule has 80 valence electrons. The second kappa shape index (κ2) is 3.93. The van der Waals surface area contributed by atoms with Crippen molar-refractivity contribution >= 4 is 11.6 Å². The highest BCUT2D eigenvalue weighted by atomic mass is 16.1. The predicted octanol–water partition coefficient (Wildman–Crippen LogP) is 1.63. The van der Waals surface area contributed by atoms with Crippen molar-refractivity contribution in [3.63, 3.8) is 0 Å². The Morgan fingerprint density at radius 1 is 1.53 bits per heavy atom. The van der Waals surface area contributed by atoms with E-state index in [9.17, 15) is 4.79 Å². The molecule has 0 bridgehead atoms. The molecule has 1 saturated carbocycles. The highest BCUT2D eigenvalue weighted by Gasteiger charge is 2.23. The van der Waals surface area contributed by atoms with E-state index in [1.54, 1.807) is 6.07 Å². The Labute approximate surface area is 89.9 Å². The fourth-order valence-electron chi connectivity index (χ4n) is 1.69. The molecular formula is C12H16N2O. The summed E-state index contributed by atoms with van der Waals surface area (Å²) in [7, 11) is 2.05.